The molecule has 0 bridgehead atoms. The van der Waals surface area contributed by atoms with E-state index in [9.17, 15) is 4.79 Å². The molecular formula is C21H39N7O4. The number of nitrogen functional groups attached to an aromatic ring is 1. The Morgan fingerprint density at radius 3 is 2.00 bits per heavy atom. The number of hydrogen-bond acceptors (Lipinski definition) is 9. The highest BCUT2D eigenvalue weighted by Gasteiger charge is 2.11. The molecule has 2 aromatic rings. The number of hydrogen-bond donors (Lipinski definition) is 6. The molecule has 2 aliphatic carbocycles. The van der Waals surface area contributed by atoms with Gasteiger partial charge in [0, 0.05) is 12.1 Å². The van der Waals surface area contributed by atoms with Crippen molar-refractivity contribution in [2.24, 2.45) is 11.5 Å². The van der Waals surface area contributed by atoms with E-state index in [2.05, 4.69) is 15.0 Å². The lowest BCUT2D eigenvalue weighted by atomic mass is 9.97. The molecule has 2 saturated carbocycles. The summed E-state index contributed by atoms with van der Waals surface area (Å²) in [5.41, 5.74) is 16.7. The van der Waals surface area contributed by atoms with Crippen LogP contribution in [0, 0.1) is 0 Å². The number of aromatic amines is 1. The highest BCUT2D eigenvalue weighted by atomic mass is 16.5. The lowest BCUT2D eigenvalue weighted by molar-refractivity contribution is -0.0488. The van der Waals surface area contributed by atoms with Gasteiger partial charge in [-0.25, -0.2) is 4.98 Å². The number of ether oxygens (including phenoxy) is 1. The summed E-state index contributed by atoms with van der Waals surface area (Å²) in [6, 6.07) is 1.07. The van der Waals surface area contributed by atoms with Crippen molar-refractivity contribution in [1.82, 2.24) is 19.5 Å². The molecule has 0 spiro atoms. The smallest absolute Gasteiger partial charge is 0.280 e. The Balaban J connectivity index is 0.000000211. The quantitative estimate of drug-likeness (QED) is 0.376. The molecule has 0 amide bonds. The second kappa shape index (κ2) is 14.2. The number of imidazole rings is 1. The summed E-state index contributed by atoms with van der Waals surface area (Å²) in [5, 5.41) is 17.7. The molecule has 2 heterocycles. The molecule has 2 aliphatic rings. The summed E-state index contributed by atoms with van der Waals surface area (Å²) >= 11 is 0. The molecule has 182 valence electrons. The Morgan fingerprint density at radius 1 is 1.03 bits per heavy atom. The second-order valence-corrected chi connectivity index (χ2v) is 8.42. The number of nitrogens with zero attached hydrogens (tertiary/aromatic N) is 3. The van der Waals surface area contributed by atoms with Crippen LogP contribution in [-0.4, -0.2) is 61.1 Å². The summed E-state index contributed by atoms with van der Waals surface area (Å²) in [6.45, 7) is -0.614. The Labute approximate surface area is 188 Å². The maximum absolute atomic E-state index is 11.5. The van der Waals surface area contributed by atoms with Crippen LogP contribution in [0.5, 0.6) is 0 Å². The monoisotopic (exact) mass is 453 g/mol. The van der Waals surface area contributed by atoms with E-state index in [4.69, 9.17) is 32.2 Å². The number of fused-ring (bicyclic) bond motifs is 1. The number of anilines is 1. The van der Waals surface area contributed by atoms with Gasteiger partial charge in [-0.2, -0.15) is 4.98 Å². The van der Waals surface area contributed by atoms with E-state index >= 15 is 0 Å². The summed E-state index contributed by atoms with van der Waals surface area (Å²) in [4.78, 5) is 21.6. The van der Waals surface area contributed by atoms with Gasteiger partial charge in [-0.1, -0.05) is 38.5 Å². The molecule has 9 N–H and O–H groups in total. The molecule has 2 fully saturated rings. The van der Waals surface area contributed by atoms with Gasteiger partial charge in [0.15, 0.2) is 11.2 Å². The molecule has 32 heavy (non-hydrogen) atoms. The minimum absolute atomic E-state index is 0.00181. The standard InChI is InChI=1S/C9H13N5O4.2C6H13N/c10-9-12-7-6(8(17)13-9)11-3-14(7)4-18-5(1-15)2-16;2*7-6-4-2-1-3-5-6/h3,5,15-16H,1-2,4H2,(H3,10,12,13,17);2*6H,1-5,7H2. The van der Waals surface area contributed by atoms with E-state index in [0.29, 0.717) is 12.1 Å². The van der Waals surface area contributed by atoms with Gasteiger partial charge in [-0.3, -0.25) is 14.3 Å². The molecule has 2 aromatic heterocycles. The summed E-state index contributed by atoms with van der Waals surface area (Å²) in [7, 11) is 0. The number of aliphatic hydroxyl groups excluding tert-OH is 2. The second-order valence-electron chi connectivity index (χ2n) is 8.42. The van der Waals surface area contributed by atoms with Crippen molar-refractivity contribution in [3.05, 3.63) is 16.7 Å². The normalized spacial score (nSPS) is 17.5. The van der Waals surface area contributed by atoms with Crippen molar-refractivity contribution in [1.29, 1.82) is 0 Å². The van der Waals surface area contributed by atoms with E-state index in [1.54, 1.807) is 0 Å². The van der Waals surface area contributed by atoms with Gasteiger partial charge in [-0.15, -0.1) is 0 Å². The van der Waals surface area contributed by atoms with Crippen LogP contribution in [-0.2, 0) is 11.5 Å². The van der Waals surface area contributed by atoms with Crippen LogP contribution in [0.2, 0.25) is 0 Å². The third-order valence-electron chi connectivity index (χ3n) is 5.65. The largest absolute Gasteiger partial charge is 0.394 e. The molecule has 0 aliphatic heterocycles. The highest BCUT2D eigenvalue weighted by molar-refractivity contribution is 5.70. The minimum atomic E-state index is -0.693. The molecule has 0 aromatic carbocycles. The van der Waals surface area contributed by atoms with Crippen molar-refractivity contribution in [3.8, 4) is 0 Å². The molecular weight excluding hydrogens is 414 g/mol. The van der Waals surface area contributed by atoms with E-state index in [-0.39, 0.29) is 37.1 Å². The minimum Gasteiger partial charge on any atom is -0.394 e. The first-order chi connectivity index (χ1) is 15.4. The lowest BCUT2D eigenvalue weighted by Gasteiger charge is -2.15. The Bertz CT molecular complexity index is 809. The Hall–Kier alpha value is -2.05. The molecule has 11 nitrogen and oxygen atoms in total. The van der Waals surface area contributed by atoms with E-state index in [0.717, 1.165) is 0 Å². The number of rotatable bonds is 5. The van der Waals surface area contributed by atoms with Crippen LogP contribution in [0.3, 0.4) is 0 Å². The van der Waals surface area contributed by atoms with Crippen LogP contribution >= 0.6 is 0 Å². The number of aromatic nitrogens is 4. The highest BCUT2D eigenvalue weighted by Crippen LogP contribution is 2.15. The van der Waals surface area contributed by atoms with Crippen LogP contribution in [0.4, 0.5) is 5.95 Å². The summed E-state index contributed by atoms with van der Waals surface area (Å²) in [5.74, 6) is -0.0184. The van der Waals surface area contributed by atoms with Gasteiger partial charge >= 0.3 is 0 Å². The summed E-state index contributed by atoms with van der Waals surface area (Å²) < 4.78 is 6.66. The third-order valence-corrected chi connectivity index (χ3v) is 5.65. The molecule has 0 atom stereocenters. The van der Waals surface area contributed by atoms with Gasteiger partial charge in [0.2, 0.25) is 5.95 Å². The fraction of sp³-hybridized carbons (Fsp3) is 0.762. The van der Waals surface area contributed by atoms with Crippen molar-refractivity contribution < 1.29 is 14.9 Å². The zero-order valence-electron chi connectivity index (χ0n) is 18.8. The predicted molar refractivity (Wildman–Crippen MR) is 124 cm³/mol. The predicted octanol–water partition coefficient (Wildman–Crippen LogP) is 0.585. The fourth-order valence-electron chi connectivity index (χ4n) is 3.68. The van der Waals surface area contributed by atoms with Gasteiger partial charge < -0.3 is 32.2 Å². The van der Waals surface area contributed by atoms with E-state index in [1.165, 1.54) is 75.1 Å². The SMILES string of the molecule is NC1CCCCC1.NC1CCCCC1.Nc1nc2c(ncn2COC(CO)CO)c(=O)[nH]1. The number of nitrogens with one attached hydrogen (secondary N) is 1. The van der Waals surface area contributed by atoms with Crippen LogP contribution < -0.4 is 22.8 Å². The Morgan fingerprint density at radius 2 is 1.56 bits per heavy atom. The summed E-state index contributed by atoms with van der Waals surface area (Å²) in [6.07, 6.45) is 14.0. The van der Waals surface area contributed by atoms with Crippen LogP contribution in [0.15, 0.2) is 11.1 Å². The van der Waals surface area contributed by atoms with Crippen LogP contribution in [0.25, 0.3) is 11.2 Å². The topological polar surface area (TPSA) is 191 Å². The van der Waals surface area contributed by atoms with Crippen molar-refractivity contribution in [3.63, 3.8) is 0 Å². The van der Waals surface area contributed by atoms with Crippen molar-refractivity contribution >= 4 is 17.1 Å². The molecule has 0 unspecified atom stereocenters. The number of nitrogens with two attached hydrogens (primary N) is 3. The lowest BCUT2D eigenvalue weighted by Crippen LogP contribution is -2.23. The van der Waals surface area contributed by atoms with E-state index in [1.807, 2.05) is 0 Å². The van der Waals surface area contributed by atoms with Crippen molar-refractivity contribution in [2.45, 2.75) is 89.1 Å². The average molecular weight is 454 g/mol. The van der Waals surface area contributed by atoms with Crippen molar-refractivity contribution in [2.75, 3.05) is 18.9 Å². The van der Waals surface area contributed by atoms with Gasteiger partial charge in [0.05, 0.1) is 19.5 Å². The van der Waals surface area contributed by atoms with Crippen LogP contribution in [0.1, 0.15) is 64.2 Å². The number of H-pyrrole nitrogens is 1. The Kier molecular flexibility index (Phi) is 11.6. The van der Waals surface area contributed by atoms with Gasteiger partial charge in [-0.05, 0) is 25.7 Å². The first-order valence-corrected chi connectivity index (χ1v) is 11.5. The third kappa shape index (κ3) is 8.83. The molecule has 0 saturated heterocycles. The zero-order valence-corrected chi connectivity index (χ0v) is 18.8. The average Bonchev–Trinajstić information content (AvgIpc) is 3.20. The molecule has 0 radical (unpaired) electrons. The first kappa shape index (κ1) is 26.2. The molecule has 4 rings (SSSR count). The maximum atomic E-state index is 11.5. The number of aliphatic hydroxyl groups is 2. The maximum Gasteiger partial charge on any atom is 0.280 e. The van der Waals surface area contributed by atoms with E-state index < -0.39 is 11.7 Å². The zero-order chi connectivity index (χ0) is 23.3. The molecule has 11 heteroatoms. The first-order valence-electron chi connectivity index (χ1n) is 11.5. The van der Waals surface area contributed by atoms with Gasteiger partial charge in [0.1, 0.15) is 12.8 Å². The van der Waals surface area contributed by atoms with Gasteiger partial charge in [0.25, 0.3) is 5.56 Å². The fourth-order valence-corrected chi connectivity index (χ4v) is 3.68.